The van der Waals surface area contributed by atoms with Crippen LogP contribution in [0.1, 0.15) is 23.2 Å². The first kappa shape index (κ1) is 20.1. The molecule has 1 aliphatic heterocycles. The smallest absolute Gasteiger partial charge is 0.336 e. The Labute approximate surface area is 140 Å². The minimum Gasteiger partial charge on any atom is -0.481 e. The van der Waals surface area contributed by atoms with E-state index >= 15 is 0 Å². The van der Waals surface area contributed by atoms with Crippen LogP contribution in [-0.4, -0.2) is 58.3 Å². The Morgan fingerprint density at radius 3 is 1.88 bits per heavy atom. The summed E-state index contributed by atoms with van der Waals surface area (Å²) in [5.74, 6) is -5.57. The number of carbonyl (C=O) groups is 4. The third-order valence-electron chi connectivity index (χ3n) is 2.93. The lowest BCUT2D eigenvalue weighted by Gasteiger charge is -2.18. The first-order valence-corrected chi connectivity index (χ1v) is 7.93. The molecule has 2 rings (SSSR count). The van der Waals surface area contributed by atoms with Crippen molar-refractivity contribution in [1.29, 1.82) is 0 Å². The van der Waals surface area contributed by atoms with E-state index in [2.05, 4.69) is 0 Å². The molecule has 1 amide bonds. The van der Waals surface area contributed by atoms with Gasteiger partial charge < -0.3 is 20.4 Å². The standard InChI is InChI=1S/C7H5NO3S.C6H8O7/c9-7-5-3-1-2-4-6(5)12(10,11)8-7;7-3(8)1-6(13,5(11)12)2-4(9)10/h1-4H,(H,8,9);13H,1-2H2,(H,7,8)(H,9,10)(H,11,12). The summed E-state index contributed by atoms with van der Waals surface area (Å²) in [4.78, 5) is 41.5. The number of amides is 1. The number of benzene rings is 1. The van der Waals surface area contributed by atoms with Crippen molar-refractivity contribution < 1.29 is 48.0 Å². The average Bonchev–Trinajstić information content (AvgIpc) is 2.68. The molecule has 136 valence electrons. The highest BCUT2D eigenvalue weighted by Gasteiger charge is 2.40. The summed E-state index contributed by atoms with van der Waals surface area (Å²) in [5.41, 5.74) is -2.52. The molecular weight excluding hydrogens is 362 g/mol. The number of carboxylic acid groups (broad SMARTS) is 3. The molecule has 0 unspecified atom stereocenters. The van der Waals surface area contributed by atoms with Crippen LogP contribution in [0.3, 0.4) is 0 Å². The number of aliphatic hydroxyl groups is 1. The van der Waals surface area contributed by atoms with Crippen molar-refractivity contribution in [2.75, 3.05) is 0 Å². The highest BCUT2D eigenvalue weighted by Crippen LogP contribution is 2.20. The molecule has 0 aliphatic carbocycles. The van der Waals surface area contributed by atoms with E-state index in [-0.39, 0.29) is 10.5 Å². The number of rotatable bonds is 5. The van der Waals surface area contributed by atoms with Crippen molar-refractivity contribution in [1.82, 2.24) is 4.72 Å². The molecule has 1 aromatic rings. The third-order valence-corrected chi connectivity index (χ3v) is 4.32. The Bertz CT molecular complexity index is 813. The monoisotopic (exact) mass is 375 g/mol. The molecule has 0 aromatic heterocycles. The van der Waals surface area contributed by atoms with Gasteiger partial charge in [0.15, 0.2) is 5.60 Å². The number of carbonyl (C=O) groups excluding carboxylic acids is 1. The third kappa shape index (κ3) is 4.99. The second-order valence-electron chi connectivity index (χ2n) is 4.91. The predicted octanol–water partition coefficient (Wildman–Crippen LogP) is -1.13. The predicted molar refractivity (Wildman–Crippen MR) is 78.2 cm³/mol. The van der Waals surface area contributed by atoms with Gasteiger partial charge in [0.25, 0.3) is 15.9 Å². The van der Waals surface area contributed by atoms with E-state index in [1.165, 1.54) is 12.1 Å². The number of hydrogen-bond acceptors (Lipinski definition) is 7. The first-order chi connectivity index (χ1) is 11.4. The fraction of sp³-hybridized carbons (Fsp3) is 0.231. The van der Waals surface area contributed by atoms with Crippen molar-refractivity contribution in [3.8, 4) is 0 Å². The molecule has 0 fully saturated rings. The summed E-state index contributed by atoms with van der Waals surface area (Å²) in [7, 11) is -3.55. The highest BCUT2D eigenvalue weighted by molar-refractivity contribution is 7.90. The first-order valence-electron chi connectivity index (χ1n) is 6.44. The largest absolute Gasteiger partial charge is 0.481 e. The van der Waals surface area contributed by atoms with Gasteiger partial charge in [-0.05, 0) is 12.1 Å². The quantitative estimate of drug-likeness (QED) is 0.420. The van der Waals surface area contributed by atoms with Crippen LogP contribution in [-0.2, 0) is 24.4 Å². The average molecular weight is 375 g/mol. The van der Waals surface area contributed by atoms with E-state index < -0.39 is 52.3 Å². The van der Waals surface area contributed by atoms with Gasteiger partial charge in [0.05, 0.1) is 18.4 Å². The lowest BCUT2D eigenvalue weighted by atomic mass is 9.96. The van der Waals surface area contributed by atoms with E-state index in [0.29, 0.717) is 0 Å². The van der Waals surface area contributed by atoms with Gasteiger partial charge in [-0.1, -0.05) is 12.1 Å². The molecule has 0 spiro atoms. The topological polar surface area (TPSA) is 195 Å². The number of hydrogen-bond donors (Lipinski definition) is 5. The zero-order valence-corrected chi connectivity index (χ0v) is 13.2. The number of aliphatic carboxylic acids is 3. The number of nitrogens with one attached hydrogen (secondary N) is 1. The molecule has 1 heterocycles. The molecule has 0 atom stereocenters. The molecule has 0 saturated heterocycles. The molecule has 0 saturated carbocycles. The van der Waals surface area contributed by atoms with Crippen LogP contribution in [0.4, 0.5) is 0 Å². The van der Waals surface area contributed by atoms with Crippen molar-refractivity contribution >= 4 is 33.8 Å². The molecule has 25 heavy (non-hydrogen) atoms. The molecule has 0 radical (unpaired) electrons. The van der Waals surface area contributed by atoms with Gasteiger partial charge in [-0.3, -0.25) is 14.4 Å². The van der Waals surface area contributed by atoms with Crippen LogP contribution in [0.2, 0.25) is 0 Å². The highest BCUT2D eigenvalue weighted by atomic mass is 32.2. The summed E-state index contributed by atoms with van der Waals surface area (Å²) in [6, 6.07) is 6.09. The van der Waals surface area contributed by atoms with Gasteiger partial charge in [0.2, 0.25) is 0 Å². The SMILES string of the molecule is O=C(O)CC(O)(CC(=O)O)C(=O)O.O=C1NS(=O)(=O)c2ccccc21. The maximum Gasteiger partial charge on any atom is 0.336 e. The lowest BCUT2D eigenvalue weighted by molar-refractivity contribution is -0.170. The van der Waals surface area contributed by atoms with E-state index in [9.17, 15) is 27.6 Å². The van der Waals surface area contributed by atoms with E-state index in [0.717, 1.165) is 0 Å². The van der Waals surface area contributed by atoms with E-state index in [1.54, 1.807) is 12.1 Å². The normalized spacial score (nSPS) is 14.5. The molecule has 1 aliphatic rings. The zero-order valence-electron chi connectivity index (χ0n) is 12.4. The Balaban J connectivity index is 0.000000250. The summed E-state index contributed by atoms with van der Waals surface area (Å²) in [5, 5.41) is 33.8. The number of fused-ring (bicyclic) bond motifs is 1. The van der Waals surface area contributed by atoms with Crippen molar-refractivity contribution in [2.45, 2.75) is 23.3 Å². The summed E-state index contributed by atoms with van der Waals surface area (Å²) >= 11 is 0. The molecule has 1 aromatic carbocycles. The fourth-order valence-electron chi connectivity index (χ4n) is 1.83. The van der Waals surface area contributed by atoms with Crippen LogP contribution in [0, 0.1) is 0 Å². The second-order valence-corrected chi connectivity index (χ2v) is 6.56. The van der Waals surface area contributed by atoms with Gasteiger partial charge in [-0.2, -0.15) is 0 Å². The zero-order chi connectivity index (χ0) is 19.4. The maximum absolute atomic E-state index is 11.1. The van der Waals surface area contributed by atoms with Crippen molar-refractivity contribution in [3.63, 3.8) is 0 Å². The van der Waals surface area contributed by atoms with Crippen LogP contribution >= 0.6 is 0 Å². The van der Waals surface area contributed by atoms with Gasteiger partial charge >= 0.3 is 17.9 Å². The van der Waals surface area contributed by atoms with E-state index in [4.69, 9.17) is 20.4 Å². The maximum atomic E-state index is 11.1. The Morgan fingerprint density at radius 1 is 1.00 bits per heavy atom. The van der Waals surface area contributed by atoms with E-state index in [1.807, 2.05) is 4.72 Å². The van der Waals surface area contributed by atoms with Gasteiger partial charge in [0, 0.05) is 0 Å². The van der Waals surface area contributed by atoms with Gasteiger partial charge in [0.1, 0.15) is 4.90 Å². The van der Waals surface area contributed by atoms with Crippen LogP contribution in [0.5, 0.6) is 0 Å². The Kier molecular flexibility index (Phi) is 5.83. The summed E-state index contributed by atoms with van der Waals surface area (Å²) in [6.07, 6.45) is -2.29. The van der Waals surface area contributed by atoms with Crippen molar-refractivity contribution in [3.05, 3.63) is 29.8 Å². The van der Waals surface area contributed by atoms with Gasteiger partial charge in [-0.25, -0.2) is 17.9 Å². The second kappa shape index (κ2) is 7.27. The molecule has 12 heteroatoms. The van der Waals surface area contributed by atoms with Crippen molar-refractivity contribution in [2.24, 2.45) is 0 Å². The Hall–Kier alpha value is -2.99. The number of sulfonamides is 1. The summed E-state index contributed by atoms with van der Waals surface area (Å²) in [6.45, 7) is 0. The van der Waals surface area contributed by atoms with Gasteiger partial charge in [-0.15, -0.1) is 0 Å². The Morgan fingerprint density at radius 2 is 1.48 bits per heavy atom. The van der Waals surface area contributed by atoms with Crippen LogP contribution in [0.25, 0.3) is 0 Å². The van der Waals surface area contributed by atoms with Crippen LogP contribution < -0.4 is 4.72 Å². The minimum absolute atomic E-state index is 0.0648. The fourth-order valence-corrected chi connectivity index (χ4v) is 3.01. The summed E-state index contributed by atoms with van der Waals surface area (Å²) < 4.78 is 24.2. The molecule has 0 bridgehead atoms. The molecule has 5 N–H and O–H groups in total. The lowest BCUT2D eigenvalue weighted by Crippen LogP contribution is -2.42. The molecular formula is C13H13NO10S. The minimum atomic E-state index is -3.55. The molecule has 11 nitrogen and oxygen atoms in total. The number of carboxylic acids is 3. The van der Waals surface area contributed by atoms with Crippen LogP contribution in [0.15, 0.2) is 29.2 Å².